The first kappa shape index (κ1) is 17.9. The Kier molecular flexibility index (Phi) is 4.72. The molecule has 28 heavy (non-hydrogen) atoms. The zero-order chi connectivity index (χ0) is 19.1. The molecule has 2 atom stereocenters. The van der Waals surface area contributed by atoms with Crippen molar-refractivity contribution in [3.63, 3.8) is 0 Å². The van der Waals surface area contributed by atoms with Gasteiger partial charge in [-0.25, -0.2) is 0 Å². The van der Waals surface area contributed by atoms with Crippen LogP contribution in [-0.4, -0.2) is 5.78 Å². The van der Waals surface area contributed by atoms with Gasteiger partial charge in [-0.15, -0.1) is 11.3 Å². The van der Waals surface area contributed by atoms with Crippen LogP contribution in [0.15, 0.2) is 77.3 Å². The number of rotatable bonds is 2. The van der Waals surface area contributed by atoms with Crippen molar-refractivity contribution in [1.82, 2.24) is 0 Å². The largest absolute Gasteiger partial charge is 0.372 e. The topological polar surface area (TPSA) is 41.1 Å². The van der Waals surface area contributed by atoms with Crippen LogP contribution in [-0.2, 0) is 4.79 Å². The fraction of sp³-hybridized carbons (Fsp3) is 0.174. The van der Waals surface area contributed by atoms with Gasteiger partial charge in [0.15, 0.2) is 5.78 Å². The Bertz CT molecular complexity index is 1070. The van der Waals surface area contributed by atoms with Crippen molar-refractivity contribution in [2.45, 2.75) is 24.8 Å². The average Bonchev–Trinajstić information content (AvgIpc) is 3.17. The summed E-state index contributed by atoms with van der Waals surface area (Å²) in [6, 6.07) is 20.6. The molecule has 0 amide bonds. The number of benzene rings is 2. The highest BCUT2D eigenvalue weighted by Crippen LogP contribution is 2.45. The van der Waals surface area contributed by atoms with Gasteiger partial charge in [0.25, 0.3) is 0 Å². The molecule has 0 spiro atoms. The predicted molar refractivity (Wildman–Crippen MR) is 124 cm³/mol. The standard InChI is InChI=1S/C23H19IN2OS/c24-16-7-2-1-6-15(16)23-22-19(25-17-8-3-4-9-18(17)26-23)12-14(13-20(22)27)21-10-5-11-28-21/h1-11,14,23,25-26H,12-13H2/t14-,23-/m0/s1. The van der Waals surface area contributed by atoms with Crippen molar-refractivity contribution in [3.8, 4) is 0 Å². The number of fused-ring (bicyclic) bond motifs is 1. The van der Waals surface area contributed by atoms with Gasteiger partial charge in [0.05, 0.1) is 17.4 Å². The number of carbonyl (C=O) groups excluding carboxylic acids is 1. The second-order valence-corrected chi connectivity index (χ2v) is 9.35. The van der Waals surface area contributed by atoms with Crippen molar-refractivity contribution < 1.29 is 4.79 Å². The van der Waals surface area contributed by atoms with Gasteiger partial charge < -0.3 is 10.6 Å². The van der Waals surface area contributed by atoms with Crippen LogP contribution >= 0.6 is 33.9 Å². The molecule has 0 fully saturated rings. The minimum atomic E-state index is -0.143. The van der Waals surface area contributed by atoms with Crippen LogP contribution in [0.3, 0.4) is 0 Å². The van der Waals surface area contributed by atoms with Gasteiger partial charge in [0.1, 0.15) is 0 Å². The van der Waals surface area contributed by atoms with E-state index >= 15 is 0 Å². The molecule has 2 heterocycles. The van der Waals surface area contributed by atoms with Crippen molar-refractivity contribution in [2.75, 3.05) is 10.6 Å². The highest BCUT2D eigenvalue weighted by atomic mass is 127. The highest BCUT2D eigenvalue weighted by molar-refractivity contribution is 14.1. The van der Waals surface area contributed by atoms with E-state index in [0.717, 1.165) is 38.2 Å². The third kappa shape index (κ3) is 3.16. The molecule has 140 valence electrons. The van der Waals surface area contributed by atoms with Crippen molar-refractivity contribution in [3.05, 3.63) is 91.3 Å². The molecule has 5 heteroatoms. The van der Waals surface area contributed by atoms with Gasteiger partial charge in [-0.2, -0.15) is 0 Å². The second-order valence-electron chi connectivity index (χ2n) is 7.21. The lowest BCUT2D eigenvalue weighted by atomic mass is 9.81. The number of anilines is 2. The van der Waals surface area contributed by atoms with Crippen LogP contribution in [0.25, 0.3) is 0 Å². The van der Waals surface area contributed by atoms with E-state index in [1.807, 2.05) is 24.3 Å². The molecular weight excluding hydrogens is 479 g/mol. The monoisotopic (exact) mass is 498 g/mol. The molecule has 2 aliphatic rings. The van der Waals surface area contributed by atoms with E-state index in [0.29, 0.717) is 6.42 Å². The molecule has 1 aromatic heterocycles. The van der Waals surface area contributed by atoms with Crippen LogP contribution < -0.4 is 10.6 Å². The smallest absolute Gasteiger partial charge is 0.163 e. The molecule has 5 rings (SSSR count). The molecule has 0 unspecified atom stereocenters. The summed E-state index contributed by atoms with van der Waals surface area (Å²) in [7, 11) is 0. The first-order valence-electron chi connectivity index (χ1n) is 9.37. The minimum absolute atomic E-state index is 0.143. The van der Waals surface area contributed by atoms with Gasteiger partial charge >= 0.3 is 0 Å². The number of thiophene rings is 1. The Morgan fingerprint density at radius 2 is 1.71 bits per heavy atom. The summed E-state index contributed by atoms with van der Waals surface area (Å²) < 4.78 is 1.16. The first-order valence-corrected chi connectivity index (χ1v) is 11.3. The number of hydrogen-bond acceptors (Lipinski definition) is 4. The number of nitrogens with one attached hydrogen (secondary N) is 2. The minimum Gasteiger partial charge on any atom is -0.372 e. The SMILES string of the molecule is O=C1C[C@@H](c2cccs2)CC2=C1[C@H](c1ccccc1I)Nc1ccccc1N2. The molecular formula is C23H19IN2OS. The van der Waals surface area contributed by atoms with E-state index in [2.05, 4.69) is 75.0 Å². The fourth-order valence-electron chi connectivity index (χ4n) is 4.16. The quantitative estimate of drug-likeness (QED) is 0.406. The van der Waals surface area contributed by atoms with E-state index in [9.17, 15) is 4.79 Å². The number of allylic oxidation sites excluding steroid dienone is 1. The average molecular weight is 498 g/mol. The zero-order valence-corrected chi connectivity index (χ0v) is 18.1. The van der Waals surface area contributed by atoms with Crippen molar-refractivity contribution in [2.24, 2.45) is 0 Å². The highest BCUT2D eigenvalue weighted by Gasteiger charge is 2.36. The Hall–Kier alpha value is -2.12. The van der Waals surface area contributed by atoms with Gasteiger partial charge in [-0.1, -0.05) is 36.4 Å². The predicted octanol–water partition coefficient (Wildman–Crippen LogP) is 6.33. The van der Waals surface area contributed by atoms with Crippen LogP contribution in [0, 0.1) is 3.57 Å². The van der Waals surface area contributed by atoms with E-state index in [-0.39, 0.29) is 17.7 Å². The lowest BCUT2D eigenvalue weighted by Gasteiger charge is -2.29. The Labute approximate surface area is 182 Å². The lowest BCUT2D eigenvalue weighted by Crippen LogP contribution is -2.27. The van der Waals surface area contributed by atoms with Crippen LogP contribution in [0.1, 0.15) is 35.2 Å². The molecule has 1 aliphatic carbocycles. The number of Topliss-reactive ketones (excluding diaryl/α,β-unsaturated/α-hetero) is 1. The summed E-state index contributed by atoms with van der Waals surface area (Å²) in [6.45, 7) is 0. The molecule has 0 saturated carbocycles. The van der Waals surface area contributed by atoms with E-state index in [1.54, 1.807) is 11.3 Å². The normalized spacial score (nSPS) is 21.2. The number of ketones is 1. The Morgan fingerprint density at radius 1 is 0.929 bits per heavy atom. The van der Waals surface area contributed by atoms with Crippen LogP contribution in [0.2, 0.25) is 0 Å². The summed E-state index contributed by atoms with van der Waals surface area (Å²) in [6.07, 6.45) is 1.43. The molecule has 2 N–H and O–H groups in total. The van der Waals surface area contributed by atoms with Gasteiger partial charge in [-0.05, 0) is 64.2 Å². The molecule has 0 bridgehead atoms. The maximum Gasteiger partial charge on any atom is 0.163 e. The molecule has 2 aromatic carbocycles. The van der Waals surface area contributed by atoms with Crippen molar-refractivity contribution >= 4 is 51.1 Å². The third-order valence-electron chi connectivity index (χ3n) is 5.47. The van der Waals surface area contributed by atoms with E-state index in [4.69, 9.17) is 0 Å². The molecule has 3 aromatic rings. The Balaban J connectivity index is 1.65. The Morgan fingerprint density at radius 3 is 2.50 bits per heavy atom. The molecule has 0 radical (unpaired) electrons. The molecule has 3 nitrogen and oxygen atoms in total. The number of hydrogen-bond donors (Lipinski definition) is 2. The van der Waals surface area contributed by atoms with Gasteiger partial charge in [0, 0.05) is 32.1 Å². The lowest BCUT2D eigenvalue weighted by molar-refractivity contribution is -0.116. The summed E-state index contributed by atoms with van der Waals surface area (Å²) in [5.74, 6) is 0.483. The number of para-hydroxylation sites is 2. The zero-order valence-electron chi connectivity index (χ0n) is 15.1. The molecule has 0 saturated heterocycles. The first-order chi connectivity index (χ1) is 13.7. The van der Waals surface area contributed by atoms with E-state index < -0.39 is 0 Å². The summed E-state index contributed by atoms with van der Waals surface area (Å²) >= 11 is 4.11. The van der Waals surface area contributed by atoms with Crippen LogP contribution in [0.5, 0.6) is 0 Å². The van der Waals surface area contributed by atoms with Gasteiger partial charge in [-0.3, -0.25) is 4.79 Å². The fourth-order valence-corrected chi connectivity index (χ4v) is 5.69. The number of carbonyl (C=O) groups is 1. The van der Waals surface area contributed by atoms with E-state index in [1.165, 1.54) is 4.88 Å². The second kappa shape index (κ2) is 7.37. The maximum atomic E-state index is 13.4. The maximum absolute atomic E-state index is 13.4. The number of halogens is 1. The van der Waals surface area contributed by atoms with Gasteiger partial charge in [0.2, 0.25) is 0 Å². The summed E-state index contributed by atoms with van der Waals surface area (Å²) in [4.78, 5) is 14.7. The third-order valence-corrected chi connectivity index (χ3v) is 7.49. The van der Waals surface area contributed by atoms with Crippen molar-refractivity contribution in [1.29, 1.82) is 0 Å². The summed E-state index contributed by atoms with van der Waals surface area (Å²) in [5.41, 5.74) is 5.15. The molecule has 1 aliphatic heterocycles. The van der Waals surface area contributed by atoms with Crippen LogP contribution in [0.4, 0.5) is 11.4 Å². The summed E-state index contributed by atoms with van der Waals surface area (Å²) in [5, 5.41) is 9.35.